The second-order valence-electron chi connectivity index (χ2n) is 5.12. The number of hydrogen-bond donors (Lipinski definition) is 1. The first-order valence-electron chi connectivity index (χ1n) is 6.35. The minimum Gasteiger partial charge on any atom is -0.363 e. The van der Waals surface area contributed by atoms with Gasteiger partial charge in [0.2, 0.25) is 10.0 Å². The molecule has 2 heterocycles. The number of sulfonamides is 1. The average molecular weight is 306 g/mol. The number of nitrogens with one attached hydrogen (secondary N) is 1. The highest BCUT2D eigenvalue weighted by atomic mass is 35.5. The first-order chi connectivity index (χ1) is 8.95. The van der Waals surface area contributed by atoms with Crippen molar-refractivity contribution in [2.24, 2.45) is 0 Å². The number of piperidine rings is 1. The number of rotatable bonds is 4. The number of alkyl halides is 1. The zero-order valence-corrected chi connectivity index (χ0v) is 12.8. The molecule has 1 aromatic rings. The van der Waals surface area contributed by atoms with E-state index < -0.39 is 10.0 Å². The molecule has 1 aliphatic heterocycles. The third-order valence-electron chi connectivity index (χ3n) is 3.59. The van der Waals surface area contributed by atoms with E-state index in [4.69, 9.17) is 11.6 Å². The van der Waals surface area contributed by atoms with Gasteiger partial charge in [0.05, 0.1) is 10.8 Å². The Kier molecular flexibility index (Phi) is 4.55. The van der Waals surface area contributed by atoms with Crippen LogP contribution in [0.1, 0.15) is 18.5 Å². The molecule has 7 heteroatoms. The van der Waals surface area contributed by atoms with Gasteiger partial charge in [0.25, 0.3) is 0 Å². The molecule has 0 bridgehead atoms. The van der Waals surface area contributed by atoms with Crippen molar-refractivity contribution >= 4 is 21.6 Å². The summed E-state index contributed by atoms with van der Waals surface area (Å²) in [5.41, 5.74) is 0.724. The van der Waals surface area contributed by atoms with Crippen LogP contribution in [0.25, 0.3) is 0 Å². The van der Waals surface area contributed by atoms with Crippen molar-refractivity contribution < 1.29 is 8.42 Å². The molecular formula is C12H20ClN3O2S. The summed E-state index contributed by atoms with van der Waals surface area (Å²) in [4.78, 5) is 5.28. The quantitative estimate of drug-likeness (QED) is 0.857. The van der Waals surface area contributed by atoms with Gasteiger partial charge < -0.3 is 9.88 Å². The number of aromatic amines is 1. The molecule has 0 aliphatic carbocycles. The number of halogens is 1. The van der Waals surface area contributed by atoms with Gasteiger partial charge in [-0.1, -0.05) is 0 Å². The molecule has 1 atom stereocenters. The Morgan fingerprint density at radius 3 is 2.84 bits per heavy atom. The van der Waals surface area contributed by atoms with Gasteiger partial charge in [0.15, 0.2) is 0 Å². The van der Waals surface area contributed by atoms with Crippen molar-refractivity contribution in [1.29, 1.82) is 0 Å². The van der Waals surface area contributed by atoms with Crippen LogP contribution in [0.15, 0.2) is 17.2 Å². The van der Waals surface area contributed by atoms with Crippen LogP contribution in [0.5, 0.6) is 0 Å². The van der Waals surface area contributed by atoms with Crippen LogP contribution in [0, 0.1) is 0 Å². The Labute approximate surface area is 119 Å². The Hall–Kier alpha value is -0.560. The van der Waals surface area contributed by atoms with Crippen LogP contribution in [0.3, 0.4) is 0 Å². The van der Waals surface area contributed by atoms with Crippen LogP contribution in [-0.2, 0) is 15.9 Å². The minimum atomic E-state index is -3.40. The molecule has 5 nitrogen and oxygen atoms in total. The van der Waals surface area contributed by atoms with E-state index in [1.807, 2.05) is 14.1 Å². The predicted molar refractivity (Wildman–Crippen MR) is 75.8 cm³/mol. The van der Waals surface area contributed by atoms with E-state index >= 15 is 0 Å². The molecule has 1 N–H and O–H groups in total. The van der Waals surface area contributed by atoms with Crippen LogP contribution in [0.4, 0.5) is 0 Å². The highest BCUT2D eigenvalue weighted by molar-refractivity contribution is 7.89. The van der Waals surface area contributed by atoms with Crippen molar-refractivity contribution in [3.63, 3.8) is 0 Å². The maximum Gasteiger partial charge on any atom is 0.244 e. The number of H-pyrrole nitrogens is 1. The van der Waals surface area contributed by atoms with Gasteiger partial charge >= 0.3 is 0 Å². The highest BCUT2D eigenvalue weighted by Gasteiger charge is 2.31. The molecule has 0 saturated carbocycles. The maximum atomic E-state index is 12.5. The van der Waals surface area contributed by atoms with E-state index in [9.17, 15) is 8.42 Å². The van der Waals surface area contributed by atoms with E-state index in [1.54, 1.807) is 10.4 Å². The number of aromatic nitrogens is 1. The molecule has 1 unspecified atom stereocenters. The Morgan fingerprint density at radius 2 is 2.26 bits per heavy atom. The SMILES string of the molecule is CN(C)C1CCCN(S(=O)(=O)c2c[nH]c(CCl)c2)C1. The molecule has 108 valence electrons. The molecular weight excluding hydrogens is 286 g/mol. The Balaban J connectivity index is 2.19. The smallest absolute Gasteiger partial charge is 0.244 e. The molecule has 1 aromatic heterocycles. The monoisotopic (exact) mass is 305 g/mol. The average Bonchev–Trinajstić information content (AvgIpc) is 2.88. The van der Waals surface area contributed by atoms with Crippen LogP contribution in [-0.4, -0.2) is 55.8 Å². The normalized spacial score (nSPS) is 22.0. The molecule has 0 spiro atoms. The van der Waals surface area contributed by atoms with Crippen LogP contribution in [0.2, 0.25) is 0 Å². The molecule has 1 aliphatic rings. The number of likely N-dealkylation sites (N-methyl/N-ethyl adjacent to an activating group) is 1. The molecule has 19 heavy (non-hydrogen) atoms. The van der Waals surface area contributed by atoms with E-state index in [0.29, 0.717) is 18.0 Å². The second-order valence-corrected chi connectivity index (χ2v) is 7.32. The van der Waals surface area contributed by atoms with Gasteiger partial charge in [-0.25, -0.2) is 8.42 Å². The largest absolute Gasteiger partial charge is 0.363 e. The summed E-state index contributed by atoms with van der Waals surface area (Å²) in [6, 6.07) is 1.90. The fourth-order valence-electron chi connectivity index (χ4n) is 2.35. The zero-order chi connectivity index (χ0) is 14.0. The lowest BCUT2D eigenvalue weighted by Crippen LogP contribution is -2.47. The lowest BCUT2D eigenvalue weighted by molar-refractivity contribution is 0.190. The van der Waals surface area contributed by atoms with Gasteiger partial charge in [-0.15, -0.1) is 11.6 Å². The molecule has 0 radical (unpaired) electrons. The predicted octanol–water partition coefficient (Wildman–Crippen LogP) is 1.47. The number of hydrogen-bond acceptors (Lipinski definition) is 3. The van der Waals surface area contributed by atoms with Crippen molar-refractivity contribution in [1.82, 2.24) is 14.2 Å². The summed E-state index contributed by atoms with van der Waals surface area (Å²) in [6.07, 6.45) is 3.46. The minimum absolute atomic E-state index is 0.287. The fourth-order valence-corrected chi connectivity index (χ4v) is 4.04. The van der Waals surface area contributed by atoms with Gasteiger partial charge in [0.1, 0.15) is 0 Å². The molecule has 2 rings (SSSR count). The third kappa shape index (κ3) is 3.13. The highest BCUT2D eigenvalue weighted by Crippen LogP contribution is 2.23. The zero-order valence-electron chi connectivity index (χ0n) is 11.3. The topological polar surface area (TPSA) is 56.4 Å². The van der Waals surface area contributed by atoms with E-state index in [-0.39, 0.29) is 11.9 Å². The van der Waals surface area contributed by atoms with E-state index in [2.05, 4.69) is 9.88 Å². The second kappa shape index (κ2) is 5.83. The summed E-state index contributed by atoms with van der Waals surface area (Å²) in [7, 11) is 0.577. The van der Waals surface area contributed by atoms with E-state index in [0.717, 1.165) is 18.5 Å². The van der Waals surface area contributed by atoms with Gasteiger partial charge in [-0.3, -0.25) is 0 Å². The standard InChI is InChI=1S/C12H20ClN3O2S/c1-15(2)11-4-3-5-16(9-11)19(17,18)12-6-10(7-13)14-8-12/h6,8,11,14H,3-5,7,9H2,1-2H3. The van der Waals surface area contributed by atoms with Gasteiger partial charge in [-0.2, -0.15) is 4.31 Å². The van der Waals surface area contributed by atoms with Gasteiger partial charge in [0, 0.05) is 31.0 Å². The lowest BCUT2D eigenvalue weighted by atomic mass is 10.1. The molecule has 1 fully saturated rings. The summed E-state index contributed by atoms with van der Waals surface area (Å²) in [5, 5.41) is 0. The lowest BCUT2D eigenvalue weighted by Gasteiger charge is -2.35. The Morgan fingerprint density at radius 1 is 1.53 bits per heavy atom. The number of nitrogens with zero attached hydrogens (tertiary/aromatic N) is 2. The van der Waals surface area contributed by atoms with Crippen LogP contribution < -0.4 is 0 Å². The van der Waals surface area contributed by atoms with Gasteiger partial charge in [-0.05, 0) is 33.0 Å². The van der Waals surface area contributed by atoms with Crippen molar-refractivity contribution in [3.05, 3.63) is 18.0 Å². The van der Waals surface area contributed by atoms with Crippen molar-refractivity contribution in [2.75, 3.05) is 27.2 Å². The van der Waals surface area contributed by atoms with E-state index in [1.165, 1.54) is 6.20 Å². The summed E-state index contributed by atoms with van der Waals surface area (Å²) < 4.78 is 26.6. The maximum absolute atomic E-state index is 12.5. The summed E-state index contributed by atoms with van der Waals surface area (Å²) in [6.45, 7) is 1.14. The summed E-state index contributed by atoms with van der Waals surface area (Å²) >= 11 is 5.69. The third-order valence-corrected chi connectivity index (χ3v) is 5.72. The summed E-state index contributed by atoms with van der Waals surface area (Å²) in [5.74, 6) is 0.288. The van der Waals surface area contributed by atoms with Crippen molar-refractivity contribution in [2.45, 2.75) is 29.7 Å². The first kappa shape index (κ1) is 14.8. The molecule has 1 saturated heterocycles. The molecule has 0 amide bonds. The molecule has 0 aromatic carbocycles. The fraction of sp³-hybridized carbons (Fsp3) is 0.667. The Bertz CT molecular complexity index is 527. The van der Waals surface area contributed by atoms with Crippen LogP contribution >= 0.6 is 11.6 Å². The van der Waals surface area contributed by atoms with Crippen molar-refractivity contribution in [3.8, 4) is 0 Å². The first-order valence-corrected chi connectivity index (χ1v) is 8.32.